The van der Waals surface area contributed by atoms with Crippen molar-refractivity contribution in [3.8, 4) is 0 Å². The van der Waals surface area contributed by atoms with Crippen LogP contribution in [0.4, 0.5) is 0 Å². The van der Waals surface area contributed by atoms with Crippen molar-refractivity contribution in [2.75, 3.05) is 0 Å². The molecule has 0 bridgehead atoms. The molecule has 0 saturated carbocycles. The van der Waals surface area contributed by atoms with Gasteiger partial charge in [-0.25, -0.2) is 4.79 Å². The monoisotopic (exact) mass is 196 g/mol. The van der Waals surface area contributed by atoms with E-state index < -0.39 is 18.1 Å². The molecular weight excluding hydrogens is 188 g/mol. The number of carboxylic acid groups (broad SMARTS) is 1. The predicted molar refractivity (Wildman–Crippen MR) is 45.3 cm³/mol. The van der Waals surface area contributed by atoms with Crippen LogP contribution in [0, 0.1) is 0 Å². The third-order valence-corrected chi connectivity index (χ3v) is 1.43. The third kappa shape index (κ3) is 2.53. The van der Waals surface area contributed by atoms with Gasteiger partial charge in [-0.05, 0) is 12.1 Å². The highest BCUT2D eigenvalue weighted by molar-refractivity contribution is 5.95. The van der Waals surface area contributed by atoms with Crippen LogP contribution in [0.5, 0.6) is 0 Å². The molecule has 3 N–H and O–H groups in total. The summed E-state index contributed by atoms with van der Waals surface area (Å²) < 4.78 is 0. The lowest BCUT2D eigenvalue weighted by molar-refractivity contribution is -0.147. The first-order chi connectivity index (χ1) is 6.61. The smallest absolute Gasteiger partial charge is 0.353 e. The second kappa shape index (κ2) is 4.33. The molecule has 74 valence electrons. The Bertz CT molecular complexity index is 338. The summed E-state index contributed by atoms with van der Waals surface area (Å²) in [6.45, 7) is 0. The van der Waals surface area contributed by atoms with Gasteiger partial charge in [-0.3, -0.25) is 9.78 Å². The van der Waals surface area contributed by atoms with Crippen molar-refractivity contribution in [1.29, 1.82) is 0 Å². The van der Waals surface area contributed by atoms with Crippen molar-refractivity contribution in [3.63, 3.8) is 0 Å². The maximum absolute atomic E-state index is 11.2. The number of carboxylic acids is 1. The number of carbonyl (C=O) groups excluding carboxylic acids is 1. The molecule has 1 aromatic heterocycles. The second-order valence-corrected chi connectivity index (χ2v) is 2.46. The van der Waals surface area contributed by atoms with E-state index in [0.29, 0.717) is 0 Å². The largest absolute Gasteiger partial charge is 0.478 e. The highest BCUT2D eigenvalue weighted by Gasteiger charge is 2.16. The Labute approximate surface area is 79.2 Å². The van der Waals surface area contributed by atoms with Gasteiger partial charge >= 0.3 is 5.97 Å². The molecule has 1 atom stereocenters. The van der Waals surface area contributed by atoms with Gasteiger partial charge in [-0.15, -0.1) is 0 Å². The zero-order valence-corrected chi connectivity index (χ0v) is 7.04. The molecule has 0 aliphatic carbocycles. The van der Waals surface area contributed by atoms with Gasteiger partial charge in [0.15, 0.2) is 0 Å². The minimum absolute atomic E-state index is 0.188. The summed E-state index contributed by atoms with van der Waals surface area (Å²) in [5.41, 5.74) is 0.188. The molecule has 1 unspecified atom stereocenters. The van der Waals surface area contributed by atoms with E-state index in [1.165, 1.54) is 24.5 Å². The summed E-state index contributed by atoms with van der Waals surface area (Å²) in [5.74, 6) is -2.20. The standard InChI is InChI=1S/C8H8N2O4/c11-6(10-7(12)8(13)14)5-2-1-3-9-4-5/h1-4,7,12H,(H,10,11)(H,13,14). The van der Waals surface area contributed by atoms with Crippen LogP contribution in [-0.2, 0) is 4.79 Å². The molecule has 0 radical (unpaired) electrons. The molecule has 6 heteroatoms. The van der Waals surface area contributed by atoms with Crippen LogP contribution in [0.25, 0.3) is 0 Å². The minimum atomic E-state index is -1.90. The van der Waals surface area contributed by atoms with Crippen molar-refractivity contribution in [1.82, 2.24) is 10.3 Å². The van der Waals surface area contributed by atoms with Gasteiger partial charge in [0, 0.05) is 12.4 Å². The number of rotatable bonds is 3. The summed E-state index contributed by atoms with van der Waals surface area (Å²) in [4.78, 5) is 25.0. The van der Waals surface area contributed by atoms with Gasteiger partial charge < -0.3 is 15.5 Å². The average Bonchev–Trinajstić information content (AvgIpc) is 2.19. The van der Waals surface area contributed by atoms with Gasteiger partial charge in [0.05, 0.1) is 5.56 Å². The molecule has 1 amide bonds. The van der Waals surface area contributed by atoms with Gasteiger partial charge in [0.2, 0.25) is 6.23 Å². The first-order valence-corrected chi connectivity index (χ1v) is 3.73. The molecule has 1 heterocycles. The van der Waals surface area contributed by atoms with Crippen LogP contribution < -0.4 is 5.32 Å². The fraction of sp³-hybridized carbons (Fsp3) is 0.125. The van der Waals surface area contributed by atoms with Crippen molar-refractivity contribution in [2.24, 2.45) is 0 Å². The Balaban J connectivity index is 2.64. The number of nitrogens with one attached hydrogen (secondary N) is 1. The molecule has 0 aromatic carbocycles. The van der Waals surface area contributed by atoms with Gasteiger partial charge in [0.25, 0.3) is 5.91 Å². The summed E-state index contributed by atoms with van der Waals surface area (Å²) in [5, 5.41) is 19.0. The highest BCUT2D eigenvalue weighted by atomic mass is 16.4. The van der Waals surface area contributed by atoms with E-state index in [-0.39, 0.29) is 5.56 Å². The molecule has 0 saturated heterocycles. The van der Waals surface area contributed by atoms with E-state index in [1.807, 2.05) is 5.32 Å². The maximum Gasteiger partial charge on any atom is 0.353 e. The summed E-state index contributed by atoms with van der Waals surface area (Å²) in [6.07, 6.45) is 0.844. The van der Waals surface area contributed by atoms with E-state index in [4.69, 9.17) is 10.2 Å². The van der Waals surface area contributed by atoms with E-state index in [2.05, 4.69) is 4.98 Å². The van der Waals surface area contributed by atoms with Crippen LogP contribution in [0.3, 0.4) is 0 Å². The first-order valence-electron chi connectivity index (χ1n) is 3.73. The van der Waals surface area contributed by atoms with Crippen molar-refractivity contribution < 1.29 is 19.8 Å². The molecule has 0 fully saturated rings. The maximum atomic E-state index is 11.2. The van der Waals surface area contributed by atoms with Crippen LogP contribution in [0.15, 0.2) is 24.5 Å². The van der Waals surface area contributed by atoms with Crippen LogP contribution in [-0.4, -0.2) is 33.3 Å². The number of carbonyl (C=O) groups is 2. The van der Waals surface area contributed by atoms with Crippen LogP contribution in [0.2, 0.25) is 0 Å². The molecular formula is C8H8N2O4. The number of aliphatic hydroxyl groups is 1. The Morgan fingerprint density at radius 1 is 1.50 bits per heavy atom. The van der Waals surface area contributed by atoms with Gasteiger partial charge in [-0.2, -0.15) is 0 Å². The topological polar surface area (TPSA) is 99.5 Å². The normalized spacial score (nSPS) is 11.8. The Hall–Kier alpha value is -1.95. The number of aromatic nitrogens is 1. The Morgan fingerprint density at radius 2 is 2.21 bits per heavy atom. The lowest BCUT2D eigenvalue weighted by Crippen LogP contribution is -2.40. The molecule has 1 rings (SSSR count). The Kier molecular flexibility index (Phi) is 3.14. The van der Waals surface area contributed by atoms with Gasteiger partial charge in [0.1, 0.15) is 0 Å². The fourth-order valence-electron chi connectivity index (χ4n) is 0.766. The number of hydrogen-bond donors (Lipinski definition) is 3. The predicted octanol–water partition coefficient (Wildman–Crippen LogP) is -0.786. The number of nitrogens with zero attached hydrogens (tertiary/aromatic N) is 1. The van der Waals surface area contributed by atoms with Crippen molar-refractivity contribution >= 4 is 11.9 Å². The number of pyridine rings is 1. The highest BCUT2D eigenvalue weighted by Crippen LogP contribution is 1.95. The van der Waals surface area contributed by atoms with E-state index in [1.54, 1.807) is 0 Å². The number of hydrogen-bond acceptors (Lipinski definition) is 4. The summed E-state index contributed by atoms with van der Waals surface area (Å²) >= 11 is 0. The number of aliphatic hydroxyl groups excluding tert-OH is 1. The van der Waals surface area contributed by atoms with Crippen LogP contribution >= 0.6 is 0 Å². The number of amides is 1. The molecule has 6 nitrogen and oxygen atoms in total. The summed E-state index contributed by atoms with van der Waals surface area (Å²) in [7, 11) is 0. The number of aliphatic carboxylic acids is 1. The van der Waals surface area contributed by atoms with Crippen molar-refractivity contribution in [3.05, 3.63) is 30.1 Å². The van der Waals surface area contributed by atoms with E-state index in [0.717, 1.165) is 0 Å². The molecule has 0 aliphatic heterocycles. The first kappa shape index (κ1) is 10.1. The lowest BCUT2D eigenvalue weighted by Gasteiger charge is -2.07. The minimum Gasteiger partial charge on any atom is -0.478 e. The zero-order valence-electron chi connectivity index (χ0n) is 7.04. The second-order valence-electron chi connectivity index (χ2n) is 2.46. The fourth-order valence-corrected chi connectivity index (χ4v) is 0.766. The lowest BCUT2D eigenvalue weighted by atomic mass is 10.2. The van der Waals surface area contributed by atoms with Crippen LogP contribution in [0.1, 0.15) is 10.4 Å². The quantitative estimate of drug-likeness (QED) is 0.550. The average molecular weight is 196 g/mol. The Morgan fingerprint density at radius 3 is 2.71 bits per heavy atom. The summed E-state index contributed by atoms with van der Waals surface area (Å²) in [6, 6.07) is 2.99. The molecule has 0 spiro atoms. The molecule has 14 heavy (non-hydrogen) atoms. The van der Waals surface area contributed by atoms with E-state index >= 15 is 0 Å². The SMILES string of the molecule is O=C(NC(O)C(=O)O)c1cccnc1. The van der Waals surface area contributed by atoms with E-state index in [9.17, 15) is 9.59 Å². The van der Waals surface area contributed by atoms with Crippen molar-refractivity contribution in [2.45, 2.75) is 6.23 Å². The third-order valence-electron chi connectivity index (χ3n) is 1.43. The van der Waals surface area contributed by atoms with Gasteiger partial charge in [-0.1, -0.05) is 0 Å². The molecule has 0 aliphatic rings. The zero-order chi connectivity index (χ0) is 10.6. The molecule has 1 aromatic rings.